The van der Waals surface area contributed by atoms with Gasteiger partial charge in [-0.05, 0) is 43.3 Å². The first-order valence-corrected chi connectivity index (χ1v) is 11.1. The number of amides is 1. The zero-order valence-electron chi connectivity index (χ0n) is 15.5. The van der Waals surface area contributed by atoms with Gasteiger partial charge < -0.3 is 0 Å². The van der Waals surface area contributed by atoms with Crippen molar-refractivity contribution in [3.63, 3.8) is 0 Å². The van der Waals surface area contributed by atoms with Crippen molar-refractivity contribution >= 4 is 71.1 Å². The molecule has 0 saturated heterocycles. The second kappa shape index (κ2) is 8.42. The van der Waals surface area contributed by atoms with Gasteiger partial charge in [0.15, 0.2) is 0 Å². The lowest BCUT2D eigenvalue weighted by molar-refractivity contribution is -0.380. The van der Waals surface area contributed by atoms with Crippen LogP contribution in [0.2, 0.25) is 0 Å². The van der Waals surface area contributed by atoms with Gasteiger partial charge in [-0.3, -0.25) is 14.9 Å². The molecule has 0 radical (unpaired) electrons. The van der Waals surface area contributed by atoms with E-state index < -0.39 is 4.92 Å². The fourth-order valence-electron chi connectivity index (χ4n) is 2.69. The molecule has 30 heavy (non-hydrogen) atoms. The lowest BCUT2D eigenvalue weighted by Gasteiger charge is -2.14. The lowest BCUT2D eigenvalue weighted by atomic mass is 10.1. The number of hydrogen-bond acceptors (Lipinski definition) is 7. The van der Waals surface area contributed by atoms with Crippen LogP contribution in [0.25, 0.3) is 10.2 Å². The molecule has 0 N–H and O–H groups in total. The van der Waals surface area contributed by atoms with E-state index in [2.05, 4.69) is 26.0 Å². The van der Waals surface area contributed by atoms with Crippen LogP contribution in [-0.2, 0) is 0 Å². The molecular formula is C20H13BrN4O3S2. The van der Waals surface area contributed by atoms with E-state index in [0.717, 1.165) is 31.6 Å². The third-order valence-electron chi connectivity index (χ3n) is 4.07. The SMILES string of the molecule is Cc1cccc(C(=O)N(/N=C/c2ccc([N+](=O)[O-])s2)c2nc3ccc(Br)cc3s2)c1. The van der Waals surface area contributed by atoms with Crippen molar-refractivity contribution in [2.75, 3.05) is 5.01 Å². The fraction of sp³-hybridized carbons (Fsp3) is 0.0500. The Hall–Kier alpha value is -2.95. The van der Waals surface area contributed by atoms with E-state index in [0.29, 0.717) is 15.6 Å². The van der Waals surface area contributed by atoms with E-state index in [1.165, 1.54) is 28.6 Å². The molecule has 0 aliphatic carbocycles. The zero-order valence-corrected chi connectivity index (χ0v) is 18.7. The number of hydrazone groups is 1. The quantitative estimate of drug-likeness (QED) is 0.190. The number of benzene rings is 2. The molecule has 4 rings (SSSR count). The van der Waals surface area contributed by atoms with Crippen LogP contribution >= 0.6 is 38.6 Å². The summed E-state index contributed by atoms with van der Waals surface area (Å²) in [4.78, 5) is 28.8. The largest absolute Gasteiger partial charge is 0.324 e. The standard InChI is InChI=1S/C20H13BrN4O3S2/c1-12-3-2-4-13(9-12)19(26)24(22-11-15-6-8-18(29-15)25(27)28)20-23-16-7-5-14(21)10-17(16)30-20/h2-11H,1H3/b22-11+. The van der Waals surface area contributed by atoms with E-state index >= 15 is 0 Å². The van der Waals surface area contributed by atoms with Gasteiger partial charge in [0, 0.05) is 16.1 Å². The molecule has 2 aromatic carbocycles. The number of halogens is 1. The minimum Gasteiger partial charge on any atom is -0.267 e. The highest BCUT2D eigenvalue weighted by Crippen LogP contribution is 2.32. The number of anilines is 1. The highest BCUT2D eigenvalue weighted by Gasteiger charge is 2.21. The highest BCUT2D eigenvalue weighted by molar-refractivity contribution is 9.10. The minimum absolute atomic E-state index is 0.0119. The van der Waals surface area contributed by atoms with Crippen molar-refractivity contribution in [3.05, 3.63) is 85.2 Å². The number of carbonyl (C=O) groups is 1. The number of hydrogen-bond donors (Lipinski definition) is 0. The molecule has 2 aromatic heterocycles. The van der Waals surface area contributed by atoms with E-state index in [1.54, 1.807) is 18.2 Å². The van der Waals surface area contributed by atoms with Gasteiger partial charge in [0.1, 0.15) is 0 Å². The van der Waals surface area contributed by atoms with Crippen LogP contribution in [0, 0.1) is 17.0 Å². The van der Waals surface area contributed by atoms with Gasteiger partial charge in [0.25, 0.3) is 5.91 Å². The average Bonchev–Trinajstić information content (AvgIpc) is 3.35. The number of nitrogens with zero attached hydrogens (tertiary/aromatic N) is 4. The summed E-state index contributed by atoms with van der Waals surface area (Å²) in [6, 6.07) is 15.9. The monoisotopic (exact) mass is 500 g/mol. The minimum atomic E-state index is -0.455. The molecule has 0 spiro atoms. The molecule has 0 atom stereocenters. The number of fused-ring (bicyclic) bond motifs is 1. The molecule has 10 heteroatoms. The number of aromatic nitrogens is 1. The van der Waals surface area contributed by atoms with Crippen LogP contribution in [0.5, 0.6) is 0 Å². The summed E-state index contributed by atoms with van der Waals surface area (Å²) in [5.74, 6) is -0.334. The maximum absolute atomic E-state index is 13.2. The molecule has 0 aliphatic heterocycles. The van der Waals surface area contributed by atoms with E-state index in [1.807, 2.05) is 37.3 Å². The normalized spacial score (nSPS) is 11.3. The van der Waals surface area contributed by atoms with Gasteiger partial charge >= 0.3 is 5.00 Å². The van der Waals surface area contributed by atoms with Crippen LogP contribution in [0.15, 0.2) is 64.2 Å². The number of thiazole rings is 1. The molecule has 0 aliphatic rings. The third kappa shape index (κ3) is 4.30. The van der Waals surface area contributed by atoms with Crippen LogP contribution in [0.3, 0.4) is 0 Å². The Kier molecular flexibility index (Phi) is 5.71. The lowest BCUT2D eigenvalue weighted by Crippen LogP contribution is -2.25. The molecule has 150 valence electrons. The van der Waals surface area contributed by atoms with Crippen LogP contribution < -0.4 is 5.01 Å². The summed E-state index contributed by atoms with van der Waals surface area (Å²) < 4.78 is 1.82. The van der Waals surface area contributed by atoms with Crippen molar-refractivity contribution < 1.29 is 9.72 Å². The molecule has 0 fully saturated rings. The maximum atomic E-state index is 13.2. The molecular weight excluding hydrogens is 488 g/mol. The summed E-state index contributed by atoms with van der Waals surface area (Å²) >= 11 is 5.77. The third-order valence-corrected chi connectivity index (χ3v) is 6.53. The predicted molar refractivity (Wildman–Crippen MR) is 124 cm³/mol. The Labute approximate surface area is 187 Å². The predicted octanol–water partition coefficient (Wildman–Crippen LogP) is 6.02. The van der Waals surface area contributed by atoms with Crippen LogP contribution in [-0.4, -0.2) is 22.0 Å². The fourth-order valence-corrected chi connectivity index (χ4v) is 4.85. The number of thiophene rings is 1. The summed E-state index contributed by atoms with van der Waals surface area (Å²) in [7, 11) is 0. The van der Waals surface area contributed by atoms with Gasteiger partial charge in [-0.1, -0.05) is 56.3 Å². The molecule has 7 nitrogen and oxygen atoms in total. The number of aryl methyl sites for hydroxylation is 1. The van der Waals surface area contributed by atoms with Gasteiger partial charge in [-0.15, -0.1) is 0 Å². The number of nitro groups is 1. The van der Waals surface area contributed by atoms with Gasteiger partial charge in [0.2, 0.25) is 5.13 Å². The van der Waals surface area contributed by atoms with E-state index in [4.69, 9.17) is 0 Å². The Morgan fingerprint density at radius 2 is 2.03 bits per heavy atom. The van der Waals surface area contributed by atoms with Crippen molar-refractivity contribution in [1.29, 1.82) is 0 Å². The first-order chi connectivity index (χ1) is 14.4. The maximum Gasteiger partial charge on any atom is 0.324 e. The summed E-state index contributed by atoms with van der Waals surface area (Å²) in [5.41, 5.74) is 2.18. The van der Waals surface area contributed by atoms with E-state index in [-0.39, 0.29) is 10.9 Å². The smallest absolute Gasteiger partial charge is 0.267 e. The average molecular weight is 501 g/mol. The Balaban J connectivity index is 1.75. The summed E-state index contributed by atoms with van der Waals surface area (Å²) in [6.07, 6.45) is 1.44. The van der Waals surface area contributed by atoms with Crippen LogP contribution in [0.4, 0.5) is 10.1 Å². The van der Waals surface area contributed by atoms with Crippen LogP contribution in [0.1, 0.15) is 20.8 Å². The highest BCUT2D eigenvalue weighted by atomic mass is 79.9. The molecule has 0 bridgehead atoms. The van der Waals surface area contributed by atoms with Crippen molar-refractivity contribution in [3.8, 4) is 0 Å². The Morgan fingerprint density at radius 3 is 2.77 bits per heavy atom. The molecule has 2 heterocycles. The zero-order chi connectivity index (χ0) is 21.3. The molecule has 4 aromatic rings. The number of carbonyl (C=O) groups excluding carboxylic acids is 1. The Bertz CT molecular complexity index is 1300. The summed E-state index contributed by atoms with van der Waals surface area (Å²) in [6.45, 7) is 1.91. The van der Waals surface area contributed by atoms with E-state index in [9.17, 15) is 14.9 Å². The number of rotatable bonds is 5. The molecule has 0 saturated carbocycles. The first kappa shape index (κ1) is 20.3. The second-order valence-corrected chi connectivity index (χ2v) is 9.29. The van der Waals surface area contributed by atoms with Gasteiger partial charge in [0.05, 0.1) is 26.2 Å². The topological polar surface area (TPSA) is 88.7 Å². The van der Waals surface area contributed by atoms with Gasteiger partial charge in [-0.25, -0.2) is 4.98 Å². The molecule has 0 unspecified atom stereocenters. The van der Waals surface area contributed by atoms with Gasteiger partial charge in [-0.2, -0.15) is 10.1 Å². The first-order valence-electron chi connectivity index (χ1n) is 8.66. The summed E-state index contributed by atoms with van der Waals surface area (Å²) in [5, 5.41) is 16.9. The van der Waals surface area contributed by atoms with Crippen molar-refractivity contribution in [1.82, 2.24) is 4.98 Å². The second-order valence-electron chi connectivity index (χ2n) is 6.27. The molecule has 1 amide bonds. The van der Waals surface area contributed by atoms with Crippen molar-refractivity contribution in [2.45, 2.75) is 6.92 Å². The van der Waals surface area contributed by atoms with Crippen molar-refractivity contribution in [2.24, 2.45) is 5.10 Å². The Morgan fingerprint density at radius 1 is 1.20 bits per heavy atom.